The Morgan fingerprint density at radius 2 is 2.05 bits per heavy atom. The van der Waals surface area contributed by atoms with Crippen molar-refractivity contribution in [3.05, 3.63) is 29.2 Å². The van der Waals surface area contributed by atoms with Crippen molar-refractivity contribution in [2.75, 3.05) is 0 Å². The lowest BCUT2D eigenvalue weighted by molar-refractivity contribution is 0.425. The van der Waals surface area contributed by atoms with Gasteiger partial charge in [0, 0.05) is 29.4 Å². The maximum Gasteiger partial charge on any atom is 0.144 e. The Balaban J connectivity index is 2.24. The van der Waals surface area contributed by atoms with Gasteiger partial charge in [-0.05, 0) is 27.2 Å². The van der Waals surface area contributed by atoms with Crippen molar-refractivity contribution in [3.8, 4) is 10.7 Å². The summed E-state index contributed by atoms with van der Waals surface area (Å²) >= 11 is 1.72. The summed E-state index contributed by atoms with van der Waals surface area (Å²) in [6.07, 6.45) is 7.29. The lowest BCUT2D eigenvalue weighted by Crippen LogP contribution is -2.35. The number of hydrogen-bond acceptors (Lipinski definition) is 5. The van der Waals surface area contributed by atoms with Gasteiger partial charge in [-0.15, -0.1) is 11.3 Å². The maximum atomic E-state index is 4.75. The molecule has 0 atom stereocenters. The van der Waals surface area contributed by atoms with Crippen molar-refractivity contribution in [3.63, 3.8) is 0 Å². The second-order valence-corrected chi connectivity index (χ2v) is 6.92. The molecule has 0 saturated carbocycles. The van der Waals surface area contributed by atoms with Gasteiger partial charge in [0.25, 0.3) is 0 Å². The number of aryl methyl sites for hydroxylation is 1. The zero-order valence-corrected chi connectivity index (χ0v) is 13.4. The van der Waals surface area contributed by atoms with E-state index < -0.39 is 0 Å². The van der Waals surface area contributed by atoms with Gasteiger partial charge in [-0.3, -0.25) is 9.97 Å². The van der Waals surface area contributed by atoms with E-state index in [2.05, 4.69) is 43.0 Å². The van der Waals surface area contributed by atoms with Crippen LogP contribution in [0.1, 0.15) is 44.7 Å². The normalized spacial score (nSPS) is 11.8. The first-order chi connectivity index (χ1) is 9.49. The minimum absolute atomic E-state index is 0.111. The summed E-state index contributed by atoms with van der Waals surface area (Å²) in [4.78, 5) is 14.5. The van der Waals surface area contributed by atoms with Crippen LogP contribution in [0.25, 0.3) is 10.7 Å². The average Bonchev–Trinajstić information content (AvgIpc) is 2.80. The Morgan fingerprint density at radius 3 is 2.65 bits per heavy atom. The Morgan fingerprint density at radius 1 is 1.25 bits per heavy atom. The van der Waals surface area contributed by atoms with Crippen LogP contribution in [0.3, 0.4) is 0 Å². The van der Waals surface area contributed by atoms with Crippen LogP contribution < -0.4 is 5.32 Å². The molecule has 0 saturated heterocycles. The lowest BCUT2D eigenvalue weighted by Gasteiger charge is -2.20. The molecule has 0 spiro atoms. The van der Waals surface area contributed by atoms with E-state index in [9.17, 15) is 0 Å². The molecule has 2 aromatic heterocycles. The smallest absolute Gasteiger partial charge is 0.144 e. The van der Waals surface area contributed by atoms with Gasteiger partial charge in [-0.1, -0.05) is 13.3 Å². The molecule has 2 aromatic rings. The fourth-order valence-electron chi connectivity index (χ4n) is 1.82. The van der Waals surface area contributed by atoms with E-state index in [-0.39, 0.29) is 5.54 Å². The molecule has 2 rings (SSSR count). The highest BCUT2D eigenvalue weighted by molar-refractivity contribution is 7.15. The quantitative estimate of drug-likeness (QED) is 0.916. The van der Waals surface area contributed by atoms with Crippen molar-refractivity contribution >= 4 is 11.3 Å². The van der Waals surface area contributed by atoms with E-state index in [1.54, 1.807) is 29.9 Å². The monoisotopic (exact) mass is 290 g/mol. The van der Waals surface area contributed by atoms with Crippen LogP contribution in [-0.4, -0.2) is 20.5 Å². The summed E-state index contributed by atoms with van der Waals surface area (Å²) in [6, 6.07) is 0. The second kappa shape index (κ2) is 6.41. The molecule has 20 heavy (non-hydrogen) atoms. The molecular formula is C15H22N4S. The van der Waals surface area contributed by atoms with E-state index in [1.165, 1.54) is 10.6 Å². The molecule has 108 valence electrons. The van der Waals surface area contributed by atoms with Gasteiger partial charge in [0.05, 0.1) is 11.9 Å². The van der Waals surface area contributed by atoms with E-state index in [1.807, 2.05) is 0 Å². The van der Waals surface area contributed by atoms with E-state index >= 15 is 0 Å². The molecule has 0 bridgehead atoms. The fraction of sp³-hybridized carbons (Fsp3) is 0.533. The second-order valence-electron chi connectivity index (χ2n) is 5.83. The number of nitrogens with one attached hydrogen (secondary N) is 1. The fourth-order valence-corrected chi connectivity index (χ4v) is 2.83. The first kappa shape index (κ1) is 15.1. The number of aromatic nitrogens is 3. The molecule has 0 unspecified atom stereocenters. The highest BCUT2D eigenvalue weighted by atomic mass is 32.1. The van der Waals surface area contributed by atoms with Crippen molar-refractivity contribution in [1.82, 2.24) is 20.3 Å². The van der Waals surface area contributed by atoms with Gasteiger partial charge in [0.2, 0.25) is 0 Å². The molecule has 0 aliphatic heterocycles. The van der Waals surface area contributed by atoms with Crippen molar-refractivity contribution in [2.45, 2.75) is 52.6 Å². The number of rotatable bonds is 5. The molecule has 5 heteroatoms. The number of thiazole rings is 1. The largest absolute Gasteiger partial charge is 0.307 e. The van der Waals surface area contributed by atoms with Gasteiger partial charge >= 0.3 is 0 Å². The molecule has 0 amide bonds. The van der Waals surface area contributed by atoms with Crippen LogP contribution in [0.2, 0.25) is 0 Å². The highest BCUT2D eigenvalue weighted by Crippen LogP contribution is 2.27. The average molecular weight is 290 g/mol. The summed E-state index contributed by atoms with van der Waals surface area (Å²) in [5.41, 5.74) is 2.16. The molecule has 2 heterocycles. The Bertz CT molecular complexity index is 543. The third-order valence-electron chi connectivity index (χ3n) is 2.83. The summed E-state index contributed by atoms with van der Waals surface area (Å²) in [6.45, 7) is 9.57. The Hall–Kier alpha value is -1.33. The molecule has 0 fully saturated rings. The van der Waals surface area contributed by atoms with E-state index in [0.29, 0.717) is 0 Å². The zero-order chi connectivity index (χ0) is 14.6. The predicted octanol–water partition coefficient (Wildman–Crippen LogP) is 3.44. The van der Waals surface area contributed by atoms with Crippen molar-refractivity contribution < 1.29 is 0 Å². The van der Waals surface area contributed by atoms with Crippen LogP contribution in [0, 0.1) is 0 Å². The van der Waals surface area contributed by atoms with Gasteiger partial charge in [-0.25, -0.2) is 4.98 Å². The molecule has 1 N–H and O–H groups in total. The molecule has 0 aromatic carbocycles. The molecule has 4 nitrogen and oxygen atoms in total. The van der Waals surface area contributed by atoms with E-state index in [0.717, 1.165) is 30.1 Å². The predicted molar refractivity (Wildman–Crippen MR) is 83.7 cm³/mol. The van der Waals surface area contributed by atoms with Gasteiger partial charge in [0.1, 0.15) is 10.7 Å². The Kier molecular flexibility index (Phi) is 4.83. The summed E-state index contributed by atoms with van der Waals surface area (Å²) < 4.78 is 0. The van der Waals surface area contributed by atoms with Gasteiger partial charge in [-0.2, -0.15) is 0 Å². The van der Waals surface area contributed by atoms with Crippen molar-refractivity contribution in [2.24, 2.45) is 0 Å². The third kappa shape index (κ3) is 4.08. The van der Waals surface area contributed by atoms with Crippen LogP contribution in [0.5, 0.6) is 0 Å². The van der Waals surface area contributed by atoms with Crippen LogP contribution >= 0.6 is 11.3 Å². The lowest BCUT2D eigenvalue weighted by atomic mass is 10.1. The number of nitrogens with zero attached hydrogens (tertiary/aromatic N) is 3. The van der Waals surface area contributed by atoms with Crippen LogP contribution in [-0.2, 0) is 13.0 Å². The minimum Gasteiger partial charge on any atom is -0.307 e. The van der Waals surface area contributed by atoms with Crippen LogP contribution in [0.4, 0.5) is 0 Å². The van der Waals surface area contributed by atoms with Crippen molar-refractivity contribution in [1.29, 1.82) is 0 Å². The topological polar surface area (TPSA) is 50.7 Å². The van der Waals surface area contributed by atoms with Crippen LogP contribution in [0.15, 0.2) is 18.6 Å². The Labute approximate surface area is 124 Å². The minimum atomic E-state index is 0.111. The van der Waals surface area contributed by atoms with E-state index in [4.69, 9.17) is 4.98 Å². The molecule has 0 aliphatic carbocycles. The first-order valence-electron chi connectivity index (χ1n) is 6.99. The highest BCUT2D eigenvalue weighted by Gasteiger charge is 2.15. The molecule has 0 radical (unpaired) electrons. The number of hydrogen-bond donors (Lipinski definition) is 1. The summed E-state index contributed by atoms with van der Waals surface area (Å²) in [7, 11) is 0. The SMILES string of the molecule is CCCc1nc(-c2cnccn2)sc1CNC(C)(C)C. The maximum absolute atomic E-state index is 4.75. The third-order valence-corrected chi connectivity index (χ3v) is 3.95. The van der Waals surface area contributed by atoms with Gasteiger partial charge < -0.3 is 5.32 Å². The standard InChI is InChI=1S/C15H22N4S/c1-5-6-11-13(10-18-15(2,3)4)20-14(19-11)12-9-16-7-8-17-12/h7-9,18H,5-6,10H2,1-4H3. The zero-order valence-electron chi connectivity index (χ0n) is 12.6. The molecule has 0 aliphatic rings. The first-order valence-corrected chi connectivity index (χ1v) is 7.81. The van der Waals surface area contributed by atoms with Gasteiger partial charge in [0.15, 0.2) is 0 Å². The molecular weight excluding hydrogens is 268 g/mol. The summed E-state index contributed by atoms with van der Waals surface area (Å²) in [5, 5.41) is 4.50. The summed E-state index contributed by atoms with van der Waals surface area (Å²) in [5.74, 6) is 0.